The molecule has 122 valence electrons. The first-order valence-corrected chi connectivity index (χ1v) is 8.22. The van der Waals surface area contributed by atoms with Gasteiger partial charge in [-0.1, -0.05) is 0 Å². The van der Waals surface area contributed by atoms with Crippen LogP contribution in [0.3, 0.4) is 0 Å². The molecule has 0 saturated carbocycles. The number of ether oxygens (including phenoxy) is 1. The van der Waals surface area contributed by atoms with Crippen molar-refractivity contribution in [3.05, 3.63) is 29.8 Å². The highest BCUT2D eigenvalue weighted by Crippen LogP contribution is 2.13. The summed E-state index contributed by atoms with van der Waals surface area (Å²) in [6.45, 7) is 0.184. The van der Waals surface area contributed by atoms with Gasteiger partial charge in [0.05, 0.1) is 23.7 Å². The molecule has 0 aliphatic rings. The van der Waals surface area contributed by atoms with Crippen molar-refractivity contribution in [1.29, 1.82) is 0 Å². The summed E-state index contributed by atoms with van der Waals surface area (Å²) in [5.41, 5.74) is 0.304. The van der Waals surface area contributed by atoms with Crippen molar-refractivity contribution in [1.82, 2.24) is 4.90 Å². The molecular weight excluding hydrogens is 310 g/mol. The zero-order chi connectivity index (χ0) is 16.8. The zero-order valence-corrected chi connectivity index (χ0v) is 13.3. The van der Waals surface area contributed by atoms with Crippen molar-refractivity contribution >= 4 is 21.7 Å². The number of carboxylic acids is 1. The van der Waals surface area contributed by atoms with Gasteiger partial charge < -0.3 is 14.7 Å². The first-order valence-electron chi connectivity index (χ1n) is 6.57. The fraction of sp³-hybridized carbons (Fsp3) is 0.429. The number of aliphatic carboxylic acids is 1. The van der Waals surface area contributed by atoms with Gasteiger partial charge in [0, 0.05) is 26.3 Å². The van der Waals surface area contributed by atoms with Gasteiger partial charge in [-0.3, -0.25) is 9.59 Å². The van der Waals surface area contributed by atoms with Crippen molar-refractivity contribution in [2.75, 3.05) is 33.1 Å². The summed E-state index contributed by atoms with van der Waals surface area (Å²) < 4.78 is 28.6. The quantitative estimate of drug-likeness (QED) is 0.751. The Morgan fingerprint density at radius 2 is 1.82 bits per heavy atom. The van der Waals surface area contributed by atoms with Gasteiger partial charge in [0.25, 0.3) is 5.91 Å². The standard InChI is InChI=1S/C14H19NO6S/c1-15(8-7-13(16)17)14(18)11-3-5-12(6-4-11)22(19,20)10-9-21-2/h3-6H,7-10H2,1-2H3,(H,16,17). The van der Waals surface area contributed by atoms with Crippen LogP contribution in [-0.2, 0) is 19.4 Å². The van der Waals surface area contributed by atoms with E-state index in [2.05, 4.69) is 0 Å². The summed E-state index contributed by atoms with van der Waals surface area (Å²) in [6.07, 6.45) is -0.147. The molecule has 1 rings (SSSR count). The number of carbonyl (C=O) groups excluding carboxylic acids is 1. The summed E-state index contributed by atoms with van der Waals surface area (Å²) in [5.74, 6) is -1.48. The highest BCUT2D eigenvalue weighted by molar-refractivity contribution is 7.91. The maximum atomic E-state index is 12.1. The summed E-state index contributed by atoms with van der Waals surface area (Å²) in [4.78, 5) is 23.9. The van der Waals surface area contributed by atoms with E-state index in [9.17, 15) is 18.0 Å². The summed E-state index contributed by atoms with van der Waals surface area (Å²) in [6, 6.07) is 5.56. The average Bonchev–Trinajstić information content (AvgIpc) is 2.50. The van der Waals surface area contributed by atoms with E-state index in [1.165, 1.54) is 43.3 Å². The minimum atomic E-state index is -3.43. The molecule has 0 unspecified atom stereocenters. The molecule has 0 radical (unpaired) electrons. The number of hydrogen-bond acceptors (Lipinski definition) is 5. The van der Waals surface area contributed by atoms with Crippen LogP contribution in [0.2, 0.25) is 0 Å². The minimum Gasteiger partial charge on any atom is -0.481 e. The maximum absolute atomic E-state index is 12.1. The molecule has 1 aromatic carbocycles. The van der Waals surface area contributed by atoms with Crippen LogP contribution in [0.25, 0.3) is 0 Å². The van der Waals surface area contributed by atoms with Gasteiger partial charge in [0.2, 0.25) is 0 Å². The zero-order valence-electron chi connectivity index (χ0n) is 12.5. The van der Waals surface area contributed by atoms with Crippen LogP contribution in [0.15, 0.2) is 29.2 Å². The Labute approximate surface area is 129 Å². The van der Waals surface area contributed by atoms with Gasteiger partial charge in [0.15, 0.2) is 9.84 Å². The van der Waals surface area contributed by atoms with Crippen molar-refractivity contribution in [3.8, 4) is 0 Å². The Bertz CT molecular complexity index is 623. The third-order valence-corrected chi connectivity index (χ3v) is 4.72. The van der Waals surface area contributed by atoms with Gasteiger partial charge in [-0.25, -0.2) is 8.42 Å². The van der Waals surface area contributed by atoms with E-state index in [1.54, 1.807) is 0 Å². The molecule has 1 aromatic rings. The molecule has 0 aliphatic heterocycles. The van der Waals surface area contributed by atoms with Crippen molar-refractivity contribution < 1.29 is 27.9 Å². The van der Waals surface area contributed by atoms with E-state index in [4.69, 9.17) is 9.84 Å². The predicted octanol–water partition coefficient (Wildman–Crippen LogP) is 0.653. The fourth-order valence-electron chi connectivity index (χ4n) is 1.70. The van der Waals surface area contributed by atoms with Crippen molar-refractivity contribution in [3.63, 3.8) is 0 Å². The van der Waals surface area contributed by atoms with Gasteiger partial charge in [-0.05, 0) is 24.3 Å². The Balaban J connectivity index is 2.80. The second-order valence-electron chi connectivity index (χ2n) is 4.71. The topological polar surface area (TPSA) is 101 Å². The molecule has 0 fully saturated rings. The minimum absolute atomic E-state index is 0.0854. The van der Waals surface area contributed by atoms with Crippen LogP contribution in [0, 0.1) is 0 Å². The SMILES string of the molecule is COCCS(=O)(=O)c1ccc(C(=O)N(C)CCC(=O)O)cc1. The lowest BCUT2D eigenvalue weighted by molar-refractivity contribution is -0.137. The van der Waals surface area contributed by atoms with E-state index in [1.807, 2.05) is 0 Å². The number of rotatable bonds is 8. The third kappa shape index (κ3) is 5.12. The number of hydrogen-bond donors (Lipinski definition) is 1. The van der Waals surface area contributed by atoms with Crippen LogP contribution >= 0.6 is 0 Å². The normalized spacial score (nSPS) is 11.2. The Morgan fingerprint density at radius 3 is 2.32 bits per heavy atom. The van der Waals surface area contributed by atoms with Crippen LogP contribution < -0.4 is 0 Å². The molecule has 1 N–H and O–H groups in total. The van der Waals surface area contributed by atoms with Gasteiger partial charge >= 0.3 is 5.97 Å². The molecule has 0 saturated heterocycles. The number of carbonyl (C=O) groups is 2. The van der Waals surface area contributed by atoms with E-state index in [0.29, 0.717) is 5.56 Å². The first kappa shape index (κ1) is 18.1. The Morgan fingerprint density at radius 1 is 1.23 bits per heavy atom. The highest BCUT2D eigenvalue weighted by Gasteiger charge is 2.17. The summed E-state index contributed by atoms with van der Waals surface area (Å²) in [7, 11) is -0.519. The number of sulfone groups is 1. The van der Waals surface area contributed by atoms with Crippen molar-refractivity contribution in [2.24, 2.45) is 0 Å². The summed E-state index contributed by atoms with van der Waals surface area (Å²) >= 11 is 0. The predicted molar refractivity (Wildman–Crippen MR) is 79.6 cm³/mol. The monoisotopic (exact) mass is 329 g/mol. The first-order chi connectivity index (χ1) is 10.3. The molecule has 7 nitrogen and oxygen atoms in total. The second-order valence-corrected chi connectivity index (χ2v) is 6.82. The lowest BCUT2D eigenvalue weighted by atomic mass is 10.2. The van der Waals surface area contributed by atoms with E-state index >= 15 is 0 Å². The molecule has 0 spiro atoms. The number of carboxylic acid groups (broad SMARTS) is 1. The number of benzene rings is 1. The molecule has 0 bridgehead atoms. The molecule has 0 aliphatic carbocycles. The van der Waals surface area contributed by atoms with Crippen LogP contribution in [0.5, 0.6) is 0 Å². The number of amides is 1. The van der Waals surface area contributed by atoms with Crippen LogP contribution in [-0.4, -0.2) is 63.4 Å². The van der Waals surface area contributed by atoms with Gasteiger partial charge in [0.1, 0.15) is 0 Å². The molecule has 8 heteroatoms. The fourth-order valence-corrected chi connectivity index (χ4v) is 2.87. The number of methoxy groups -OCH3 is 1. The van der Waals surface area contributed by atoms with Crippen LogP contribution in [0.1, 0.15) is 16.8 Å². The van der Waals surface area contributed by atoms with E-state index in [-0.39, 0.29) is 36.1 Å². The lowest BCUT2D eigenvalue weighted by Crippen LogP contribution is -2.29. The largest absolute Gasteiger partial charge is 0.481 e. The highest BCUT2D eigenvalue weighted by atomic mass is 32.2. The lowest BCUT2D eigenvalue weighted by Gasteiger charge is -2.16. The smallest absolute Gasteiger partial charge is 0.305 e. The molecule has 22 heavy (non-hydrogen) atoms. The Hall–Kier alpha value is -1.93. The van der Waals surface area contributed by atoms with Crippen LogP contribution in [0.4, 0.5) is 0 Å². The number of nitrogens with zero attached hydrogens (tertiary/aromatic N) is 1. The third-order valence-electron chi connectivity index (χ3n) is 3.02. The summed E-state index contributed by atoms with van der Waals surface area (Å²) in [5, 5.41) is 8.60. The molecule has 1 amide bonds. The molecule has 0 heterocycles. The van der Waals surface area contributed by atoms with E-state index in [0.717, 1.165) is 0 Å². The van der Waals surface area contributed by atoms with E-state index < -0.39 is 15.8 Å². The van der Waals surface area contributed by atoms with Gasteiger partial charge in [-0.15, -0.1) is 0 Å². The molecule has 0 aromatic heterocycles. The molecular formula is C14H19NO6S. The maximum Gasteiger partial charge on any atom is 0.305 e. The van der Waals surface area contributed by atoms with Gasteiger partial charge in [-0.2, -0.15) is 0 Å². The average molecular weight is 329 g/mol. The second kappa shape index (κ2) is 7.90. The molecule has 0 atom stereocenters. The Kier molecular flexibility index (Phi) is 6.51. The van der Waals surface area contributed by atoms with Crippen molar-refractivity contribution in [2.45, 2.75) is 11.3 Å².